The van der Waals surface area contributed by atoms with Crippen LogP contribution >= 0.6 is 0 Å². The van der Waals surface area contributed by atoms with Gasteiger partial charge in [-0.2, -0.15) is 0 Å². The van der Waals surface area contributed by atoms with Gasteiger partial charge in [0.05, 0.1) is 27.8 Å². The number of aromatic nitrogens is 2. The Morgan fingerprint density at radius 2 is 0.821 bits per heavy atom. The van der Waals surface area contributed by atoms with Crippen LogP contribution in [0.15, 0.2) is 156 Å². The Labute approximate surface area is 320 Å². The minimum absolute atomic E-state index is 0.0515. The predicted molar refractivity (Wildman–Crippen MR) is 197 cm³/mol. The summed E-state index contributed by atoms with van der Waals surface area (Å²) in [6.07, 6.45) is -7.30. The van der Waals surface area contributed by atoms with Gasteiger partial charge in [-0.05, 0) is 60.7 Å². The molecule has 56 heavy (non-hydrogen) atoms. The topological polar surface area (TPSA) is 170 Å². The molecule has 0 saturated carbocycles. The van der Waals surface area contributed by atoms with Gasteiger partial charge in [0, 0.05) is 6.92 Å². The molecule has 5 aromatic carbocycles. The lowest BCUT2D eigenvalue weighted by molar-refractivity contribution is -0.136. The molecular formula is C43H34N2O11. The molecule has 0 radical (unpaired) electrons. The molecule has 6 aromatic rings. The number of carbonyl (C=O) groups excluding carboxylic acids is 5. The maximum Gasteiger partial charge on any atom is 0.339 e. The largest absolute Gasteiger partial charge is 0.458 e. The van der Waals surface area contributed by atoms with E-state index in [4.69, 9.17) is 28.1 Å². The second-order valence-corrected chi connectivity index (χ2v) is 12.1. The summed E-state index contributed by atoms with van der Waals surface area (Å²) in [5.41, 5.74) is 0.489. The summed E-state index contributed by atoms with van der Waals surface area (Å²) in [5, 5.41) is 7.97. The molecule has 0 aliphatic heterocycles. The van der Waals surface area contributed by atoms with Crippen molar-refractivity contribution < 1.29 is 52.1 Å². The van der Waals surface area contributed by atoms with Crippen molar-refractivity contribution in [3.63, 3.8) is 0 Å². The van der Waals surface area contributed by atoms with E-state index in [9.17, 15) is 24.0 Å². The van der Waals surface area contributed by atoms with Crippen molar-refractivity contribution in [1.29, 1.82) is 0 Å². The van der Waals surface area contributed by atoms with E-state index in [1.165, 1.54) is 67.6 Å². The zero-order valence-corrected chi connectivity index (χ0v) is 29.8. The van der Waals surface area contributed by atoms with E-state index in [1.807, 2.05) is 0 Å². The minimum atomic E-state index is -1.90. The zero-order valence-electron chi connectivity index (χ0n) is 29.8. The minimum Gasteiger partial charge on any atom is -0.458 e. The first-order chi connectivity index (χ1) is 27.3. The average molecular weight is 755 g/mol. The highest BCUT2D eigenvalue weighted by atomic mass is 16.6. The van der Waals surface area contributed by atoms with Crippen molar-refractivity contribution in [1.82, 2.24) is 10.2 Å². The van der Waals surface area contributed by atoms with E-state index in [2.05, 4.69) is 10.2 Å². The third-order valence-electron chi connectivity index (χ3n) is 8.18. The van der Waals surface area contributed by atoms with Crippen LogP contribution in [-0.2, 0) is 23.7 Å². The first-order valence-corrected chi connectivity index (χ1v) is 17.3. The quantitative estimate of drug-likeness (QED) is 0.0792. The smallest absolute Gasteiger partial charge is 0.339 e. The van der Waals surface area contributed by atoms with E-state index in [-0.39, 0.29) is 39.6 Å². The molecule has 0 spiro atoms. The normalized spacial score (nSPS) is 12.9. The molecule has 13 nitrogen and oxygen atoms in total. The molecule has 0 aliphatic rings. The van der Waals surface area contributed by atoms with Crippen LogP contribution in [-0.4, -0.2) is 65.0 Å². The highest BCUT2D eigenvalue weighted by Crippen LogP contribution is 2.32. The number of hydrogen-bond donors (Lipinski definition) is 0. The molecule has 1 aromatic heterocycles. The number of hydrogen-bond acceptors (Lipinski definition) is 13. The van der Waals surface area contributed by atoms with Crippen LogP contribution in [0, 0.1) is 6.92 Å². The van der Waals surface area contributed by atoms with Gasteiger partial charge in [0.15, 0.2) is 18.3 Å². The fraction of sp³-hybridized carbons (Fsp3) is 0.140. The Hall–Kier alpha value is -7.41. The number of esters is 5. The van der Waals surface area contributed by atoms with Crippen LogP contribution in [0.3, 0.4) is 0 Å². The summed E-state index contributed by atoms with van der Waals surface area (Å²) in [6.45, 7) is 0.749. The number of nitrogens with zero attached hydrogens (tertiary/aromatic N) is 2. The molecule has 0 unspecified atom stereocenters. The van der Waals surface area contributed by atoms with Gasteiger partial charge < -0.3 is 28.1 Å². The number of aryl methyl sites for hydroxylation is 1. The zero-order chi connectivity index (χ0) is 39.3. The van der Waals surface area contributed by atoms with E-state index in [1.54, 1.807) is 91.0 Å². The van der Waals surface area contributed by atoms with Crippen molar-refractivity contribution in [2.24, 2.45) is 0 Å². The Bertz CT molecular complexity index is 2230. The number of carbonyl (C=O) groups is 5. The van der Waals surface area contributed by atoms with Gasteiger partial charge in [-0.1, -0.05) is 91.0 Å². The van der Waals surface area contributed by atoms with E-state index in [0.717, 1.165) is 0 Å². The Kier molecular flexibility index (Phi) is 12.7. The molecule has 0 aliphatic carbocycles. The molecule has 0 fully saturated rings. The van der Waals surface area contributed by atoms with Crippen LogP contribution in [0.5, 0.6) is 0 Å². The van der Waals surface area contributed by atoms with Crippen LogP contribution in [0.25, 0.3) is 0 Å². The number of benzene rings is 5. The van der Waals surface area contributed by atoms with Crippen LogP contribution in [0.1, 0.15) is 69.7 Å². The molecule has 0 bridgehead atoms. The first kappa shape index (κ1) is 38.3. The van der Waals surface area contributed by atoms with E-state index < -0.39 is 60.9 Å². The molecule has 4 atom stereocenters. The summed E-state index contributed by atoms with van der Waals surface area (Å²) in [6, 6.07) is 39.4. The van der Waals surface area contributed by atoms with Gasteiger partial charge in [-0.3, -0.25) is 0 Å². The number of ether oxygens (including phenoxy) is 5. The van der Waals surface area contributed by atoms with Gasteiger partial charge in [0.25, 0.3) is 5.89 Å². The van der Waals surface area contributed by atoms with Crippen LogP contribution in [0.2, 0.25) is 0 Å². The monoisotopic (exact) mass is 754 g/mol. The predicted octanol–water partition coefficient (Wildman–Crippen LogP) is 6.81. The lowest BCUT2D eigenvalue weighted by atomic mass is 10.0. The molecule has 13 heteroatoms. The Balaban J connectivity index is 1.50. The Morgan fingerprint density at radius 3 is 1.21 bits per heavy atom. The molecule has 0 amide bonds. The van der Waals surface area contributed by atoms with Gasteiger partial charge in [0.1, 0.15) is 6.61 Å². The standard InChI is InChI=1S/C43H34N2O11/c1-28-44-45-38(52-28)37(56-43(50)33-25-15-6-16-26-33)36(55-42(49)32-23-13-5-14-24-32)35(54-41(48)31-21-11-4-12-22-31)34(53-40(47)30-19-9-3-10-20-30)27-51-39(46)29-17-7-2-8-18-29/h2-26,34-37H,27H2,1H3/t34-,35-,36+,37+/m1/s1. The molecule has 1 heterocycles. The van der Waals surface area contributed by atoms with Crippen molar-refractivity contribution in [3.8, 4) is 0 Å². The number of rotatable bonds is 15. The molecular weight excluding hydrogens is 720 g/mol. The fourth-order valence-electron chi connectivity index (χ4n) is 5.42. The lowest BCUT2D eigenvalue weighted by Crippen LogP contribution is -2.51. The second-order valence-electron chi connectivity index (χ2n) is 12.1. The highest BCUT2D eigenvalue weighted by Gasteiger charge is 2.48. The maximum atomic E-state index is 14.0. The SMILES string of the molecule is Cc1nnc([C@@H](OC(=O)c2ccccc2)[C@@H](OC(=O)c2ccccc2)[C@H](OC(=O)c2ccccc2)[C@@H](COC(=O)c2ccccc2)OC(=O)c2ccccc2)o1. The first-order valence-electron chi connectivity index (χ1n) is 17.3. The summed E-state index contributed by atoms with van der Waals surface area (Å²) < 4.78 is 35.6. The summed E-state index contributed by atoms with van der Waals surface area (Å²) in [5.74, 6) is -4.84. The lowest BCUT2D eigenvalue weighted by Gasteiger charge is -2.35. The van der Waals surface area contributed by atoms with Crippen molar-refractivity contribution in [3.05, 3.63) is 191 Å². The summed E-state index contributed by atoms with van der Waals surface area (Å²) in [4.78, 5) is 68.8. The average Bonchev–Trinajstić information content (AvgIpc) is 3.69. The summed E-state index contributed by atoms with van der Waals surface area (Å²) in [7, 11) is 0. The Morgan fingerprint density at radius 1 is 0.464 bits per heavy atom. The van der Waals surface area contributed by atoms with Gasteiger partial charge >= 0.3 is 29.8 Å². The van der Waals surface area contributed by atoms with Crippen molar-refractivity contribution in [2.75, 3.05) is 6.61 Å². The second kappa shape index (κ2) is 18.6. The van der Waals surface area contributed by atoms with E-state index >= 15 is 0 Å². The van der Waals surface area contributed by atoms with E-state index in [0.29, 0.717) is 0 Å². The van der Waals surface area contributed by atoms with Crippen molar-refractivity contribution >= 4 is 29.8 Å². The molecule has 6 rings (SSSR count). The third-order valence-corrected chi connectivity index (χ3v) is 8.18. The van der Waals surface area contributed by atoms with Crippen LogP contribution in [0.4, 0.5) is 0 Å². The van der Waals surface area contributed by atoms with Gasteiger partial charge in [-0.15, -0.1) is 10.2 Å². The van der Waals surface area contributed by atoms with Crippen LogP contribution < -0.4 is 0 Å². The van der Waals surface area contributed by atoms with Crippen molar-refractivity contribution in [2.45, 2.75) is 31.3 Å². The highest BCUT2D eigenvalue weighted by molar-refractivity contribution is 5.92. The fourth-order valence-corrected chi connectivity index (χ4v) is 5.42. The maximum absolute atomic E-state index is 14.0. The van der Waals surface area contributed by atoms with Gasteiger partial charge in [0.2, 0.25) is 12.0 Å². The molecule has 282 valence electrons. The van der Waals surface area contributed by atoms with Gasteiger partial charge in [-0.25, -0.2) is 24.0 Å². The molecule has 0 saturated heterocycles. The molecule has 0 N–H and O–H groups in total. The summed E-state index contributed by atoms with van der Waals surface area (Å²) >= 11 is 0. The third kappa shape index (κ3) is 9.96.